The molecule has 1 aliphatic heterocycles. The van der Waals surface area contributed by atoms with E-state index < -0.39 is 0 Å². The number of aliphatic hydroxyl groups excluding tert-OH is 1. The second-order valence-electron chi connectivity index (χ2n) is 7.05. The molecule has 2 heterocycles. The minimum Gasteiger partial charge on any atom is -0.512 e. The predicted molar refractivity (Wildman–Crippen MR) is 118 cm³/mol. The smallest absolute Gasteiger partial charge is 0.494 e. The van der Waals surface area contributed by atoms with Crippen LogP contribution < -0.4 is 4.58 Å². The van der Waals surface area contributed by atoms with Crippen molar-refractivity contribution in [3.05, 3.63) is 78.6 Å². The first-order valence-electron chi connectivity index (χ1n) is 9.54. The number of hydrogen-bond acceptors (Lipinski definition) is 3. The summed E-state index contributed by atoms with van der Waals surface area (Å²) in [7, 11) is 2.00. The van der Waals surface area contributed by atoms with Gasteiger partial charge in [-0.2, -0.15) is 12.1 Å². The van der Waals surface area contributed by atoms with Crippen LogP contribution in [-0.4, -0.2) is 28.5 Å². The van der Waals surface area contributed by atoms with E-state index in [0.717, 1.165) is 39.0 Å². The number of carbonyl (C=O) groups excluding carboxylic acids is 1. The molecule has 6 heteroatoms. The van der Waals surface area contributed by atoms with Gasteiger partial charge in [0.05, 0.1) is 11.3 Å². The number of para-hydroxylation sites is 3. The molecule has 0 unspecified atom stereocenters. The van der Waals surface area contributed by atoms with Gasteiger partial charge in [0.1, 0.15) is 5.58 Å². The Balaban J connectivity index is 0.000000299. The standard InChI is InChI=1S/C20H13N2O.C5H8O2.Ir/c1-21-13-22(17-10-4-3-9-16(17)21)18-11-6-8-15-14-7-2-5-12-19(14)23-20(15)18;1-4(6)3-5(2)7;/h2-10,12H,1H3;3,6H,1-2H3;/q+1;;/b;4-3-;. The number of rotatable bonds is 2. The number of allylic oxidation sites excluding steroid dienone is 2. The zero-order valence-corrected chi connectivity index (χ0v) is 19.7. The van der Waals surface area contributed by atoms with E-state index in [0.29, 0.717) is 0 Å². The molecule has 1 N–H and O–H groups in total. The molecule has 0 saturated heterocycles. The Morgan fingerprint density at radius 1 is 1.03 bits per heavy atom. The van der Waals surface area contributed by atoms with Gasteiger partial charge in [0.15, 0.2) is 18.5 Å². The quantitative estimate of drug-likeness (QED) is 0.141. The maximum atomic E-state index is 10.0. The van der Waals surface area contributed by atoms with E-state index in [1.165, 1.54) is 19.9 Å². The van der Waals surface area contributed by atoms with E-state index in [1.807, 2.05) is 52.6 Å². The van der Waals surface area contributed by atoms with Gasteiger partial charge in [0.25, 0.3) is 11.4 Å². The summed E-state index contributed by atoms with van der Waals surface area (Å²) < 4.78 is 10.1. The van der Waals surface area contributed by atoms with Crippen molar-refractivity contribution in [3.8, 4) is 0 Å². The largest absolute Gasteiger partial charge is 0.512 e. The number of hydrogen-bond donors (Lipinski definition) is 1. The van der Waals surface area contributed by atoms with Crippen molar-refractivity contribution >= 4 is 50.8 Å². The molecule has 0 spiro atoms. The molecule has 31 heavy (non-hydrogen) atoms. The molecule has 0 bridgehead atoms. The van der Waals surface area contributed by atoms with Crippen molar-refractivity contribution in [1.82, 2.24) is 4.58 Å². The van der Waals surface area contributed by atoms with Crippen molar-refractivity contribution in [2.45, 2.75) is 13.8 Å². The van der Waals surface area contributed by atoms with E-state index in [1.54, 1.807) is 0 Å². The first-order chi connectivity index (χ1) is 14.5. The Kier molecular flexibility index (Phi) is 6.67. The van der Waals surface area contributed by atoms with Crippen molar-refractivity contribution in [2.24, 2.45) is 0 Å². The zero-order chi connectivity index (χ0) is 21.3. The summed E-state index contributed by atoms with van der Waals surface area (Å²) in [6, 6.07) is 27.0. The van der Waals surface area contributed by atoms with Crippen LogP contribution in [-0.2, 0) is 24.9 Å². The molecule has 0 atom stereocenters. The van der Waals surface area contributed by atoms with Gasteiger partial charge in [0, 0.05) is 43.7 Å². The maximum absolute atomic E-state index is 10.0. The Morgan fingerprint density at radius 2 is 1.71 bits per heavy atom. The zero-order valence-electron chi connectivity index (χ0n) is 17.3. The molecule has 0 amide bonds. The number of fused-ring (bicyclic) bond motifs is 4. The van der Waals surface area contributed by atoms with Crippen LogP contribution >= 0.6 is 0 Å². The van der Waals surface area contributed by atoms with Crippen LogP contribution in [0.5, 0.6) is 0 Å². The van der Waals surface area contributed by atoms with Gasteiger partial charge in [-0.3, -0.25) is 4.79 Å². The van der Waals surface area contributed by atoms with E-state index in [4.69, 9.17) is 9.52 Å². The average molecular weight is 590 g/mol. The number of carbonyl (C=O) groups is 1. The third-order valence-electron chi connectivity index (χ3n) is 4.69. The minimum absolute atomic E-state index is 0. The Labute approximate surface area is 193 Å². The second kappa shape index (κ2) is 9.23. The van der Waals surface area contributed by atoms with E-state index in [9.17, 15) is 4.79 Å². The number of aliphatic hydroxyl groups is 1. The van der Waals surface area contributed by atoms with Crippen LogP contribution in [0.3, 0.4) is 0 Å². The molecule has 0 aliphatic carbocycles. The molecule has 0 fully saturated rings. The fraction of sp³-hybridized carbons (Fsp3) is 0.120. The summed E-state index contributed by atoms with van der Waals surface area (Å²) in [5.74, 6) is -0.0625. The van der Waals surface area contributed by atoms with E-state index in [2.05, 4.69) is 36.3 Å². The van der Waals surface area contributed by atoms with Crippen LogP contribution in [0.15, 0.2) is 76.9 Å². The minimum atomic E-state index is -0.125. The van der Waals surface area contributed by atoms with Gasteiger partial charge in [-0.25, -0.2) is 0 Å². The fourth-order valence-electron chi connectivity index (χ4n) is 3.50. The normalized spacial score (nSPS) is 12.4. The van der Waals surface area contributed by atoms with Crippen molar-refractivity contribution in [1.29, 1.82) is 0 Å². The Hall–Kier alpha value is -3.30. The molecule has 5 nitrogen and oxygen atoms in total. The number of furan rings is 1. The molecule has 5 rings (SSSR count). The monoisotopic (exact) mass is 590 g/mol. The van der Waals surface area contributed by atoms with E-state index in [-0.39, 0.29) is 31.6 Å². The SMILES string of the molecule is CC(=O)/C=C(/C)O.C[N+]1=C=[N+](c2[c-]ccc3c2oc2ccccc23)c2ccccc21.[Ir]. The fourth-order valence-corrected chi connectivity index (χ4v) is 3.50. The van der Waals surface area contributed by atoms with Crippen LogP contribution in [0.1, 0.15) is 13.8 Å². The Morgan fingerprint density at radius 3 is 2.39 bits per heavy atom. The summed E-state index contributed by atoms with van der Waals surface area (Å²) in [6.07, 6.45) is 1.17. The number of ketones is 1. The molecule has 3 aromatic carbocycles. The van der Waals surface area contributed by atoms with Crippen molar-refractivity contribution in [2.75, 3.05) is 7.05 Å². The summed E-state index contributed by atoms with van der Waals surface area (Å²) in [5, 5.41) is 10.6. The van der Waals surface area contributed by atoms with E-state index >= 15 is 0 Å². The maximum Gasteiger partial charge on any atom is 0.494 e. The van der Waals surface area contributed by atoms with Gasteiger partial charge in [-0.05, 0) is 19.9 Å². The molecule has 157 valence electrons. The third-order valence-corrected chi connectivity index (χ3v) is 4.69. The number of nitrogens with zero attached hydrogens (tertiary/aromatic N) is 2. The van der Waals surface area contributed by atoms with Gasteiger partial charge >= 0.3 is 6.01 Å². The molecular formula is C25H21IrN2O3+. The van der Waals surface area contributed by atoms with Crippen LogP contribution in [0.4, 0.5) is 17.1 Å². The van der Waals surface area contributed by atoms with Gasteiger partial charge in [-0.15, -0.1) is 6.07 Å². The predicted octanol–water partition coefficient (Wildman–Crippen LogP) is 5.72. The second-order valence-corrected chi connectivity index (χ2v) is 7.05. The molecule has 1 aromatic heterocycles. The van der Waals surface area contributed by atoms with Gasteiger partial charge in [0.2, 0.25) is 0 Å². The first kappa shape index (κ1) is 22.4. The third kappa shape index (κ3) is 4.42. The average Bonchev–Trinajstić information content (AvgIpc) is 3.26. The van der Waals surface area contributed by atoms with Gasteiger partial charge < -0.3 is 9.52 Å². The summed E-state index contributed by atoms with van der Waals surface area (Å²) in [6.45, 7) is 2.85. The topological polar surface area (TPSA) is 56.5 Å². The van der Waals surface area contributed by atoms with Crippen LogP contribution in [0, 0.1) is 6.07 Å². The molecule has 1 aliphatic rings. The summed E-state index contributed by atoms with van der Waals surface area (Å²) in [4.78, 5) is 10.0. The Bertz CT molecular complexity index is 1390. The van der Waals surface area contributed by atoms with Crippen molar-refractivity contribution in [3.63, 3.8) is 0 Å². The molecule has 4 aromatic rings. The summed E-state index contributed by atoms with van der Waals surface area (Å²) >= 11 is 0. The molecule has 0 saturated carbocycles. The number of benzene rings is 3. The van der Waals surface area contributed by atoms with Crippen LogP contribution in [0.25, 0.3) is 21.9 Å². The van der Waals surface area contributed by atoms with Crippen molar-refractivity contribution < 1.29 is 39.0 Å². The van der Waals surface area contributed by atoms with Gasteiger partial charge in [-0.1, -0.05) is 44.9 Å². The summed E-state index contributed by atoms with van der Waals surface area (Å²) in [5.41, 5.74) is 4.82. The molecule has 1 radical (unpaired) electrons. The molecular weight excluding hydrogens is 569 g/mol. The first-order valence-corrected chi connectivity index (χ1v) is 9.54. The van der Waals surface area contributed by atoms with Crippen LogP contribution in [0.2, 0.25) is 0 Å².